The fourth-order valence-corrected chi connectivity index (χ4v) is 1.78. The van der Waals surface area contributed by atoms with Gasteiger partial charge in [0.2, 0.25) is 0 Å². The lowest BCUT2D eigenvalue weighted by molar-refractivity contribution is -0.136. The van der Waals surface area contributed by atoms with E-state index < -0.39 is 5.97 Å². The van der Waals surface area contributed by atoms with Gasteiger partial charge >= 0.3 is 5.97 Å². The number of rotatable bonds is 4. The van der Waals surface area contributed by atoms with Gasteiger partial charge in [0.25, 0.3) is 0 Å². The average molecular weight is 256 g/mol. The van der Waals surface area contributed by atoms with Gasteiger partial charge in [0.1, 0.15) is 5.75 Å². The van der Waals surface area contributed by atoms with Gasteiger partial charge in [-0.05, 0) is 35.9 Å². The third kappa shape index (κ3) is 3.19. The summed E-state index contributed by atoms with van der Waals surface area (Å²) in [4.78, 5) is 22.8. The summed E-state index contributed by atoms with van der Waals surface area (Å²) in [5, 5.41) is 17.9. The van der Waals surface area contributed by atoms with Crippen LogP contribution in [-0.2, 0) is 11.2 Å². The average Bonchev–Trinajstić information content (AvgIpc) is 2.38. The minimum Gasteiger partial charge on any atom is -0.508 e. The number of phenols is 1. The highest BCUT2D eigenvalue weighted by atomic mass is 16.4. The minimum absolute atomic E-state index is 0.0937. The Hall–Kier alpha value is -2.62. The number of hydrogen-bond acceptors (Lipinski definition) is 3. The molecular weight excluding hydrogens is 244 g/mol. The molecule has 0 aromatic heterocycles. The molecule has 0 aliphatic rings. The van der Waals surface area contributed by atoms with Crippen molar-refractivity contribution >= 4 is 11.8 Å². The van der Waals surface area contributed by atoms with Crippen LogP contribution in [0.25, 0.3) is 0 Å². The molecule has 0 saturated carbocycles. The molecule has 0 bridgehead atoms. The number of carbonyl (C=O) groups is 2. The molecule has 0 fully saturated rings. The molecule has 19 heavy (non-hydrogen) atoms. The maximum Gasteiger partial charge on any atom is 0.307 e. The lowest BCUT2D eigenvalue weighted by Crippen LogP contribution is -2.04. The Labute approximate surface area is 109 Å². The van der Waals surface area contributed by atoms with Gasteiger partial charge in [-0.15, -0.1) is 0 Å². The summed E-state index contributed by atoms with van der Waals surface area (Å²) >= 11 is 0. The molecular formula is C15H12O4. The first-order valence-corrected chi connectivity index (χ1v) is 5.71. The van der Waals surface area contributed by atoms with Crippen LogP contribution in [0.3, 0.4) is 0 Å². The van der Waals surface area contributed by atoms with Crippen LogP contribution >= 0.6 is 0 Å². The Bertz CT molecular complexity index is 614. The van der Waals surface area contributed by atoms with Gasteiger partial charge in [-0.2, -0.15) is 0 Å². The largest absolute Gasteiger partial charge is 0.508 e. The molecule has 4 nitrogen and oxygen atoms in total. The first-order valence-electron chi connectivity index (χ1n) is 5.71. The Kier molecular flexibility index (Phi) is 3.61. The van der Waals surface area contributed by atoms with E-state index in [9.17, 15) is 14.7 Å². The van der Waals surface area contributed by atoms with E-state index in [1.165, 1.54) is 24.3 Å². The molecule has 0 amide bonds. The van der Waals surface area contributed by atoms with E-state index in [4.69, 9.17) is 5.11 Å². The van der Waals surface area contributed by atoms with Gasteiger partial charge in [-0.3, -0.25) is 9.59 Å². The number of hydrogen-bond donors (Lipinski definition) is 2. The number of ketones is 1. The van der Waals surface area contributed by atoms with Gasteiger partial charge in [0.15, 0.2) is 5.78 Å². The molecule has 2 aromatic carbocycles. The van der Waals surface area contributed by atoms with Crippen molar-refractivity contribution in [3.63, 3.8) is 0 Å². The molecule has 96 valence electrons. The molecule has 0 aliphatic heterocycles. The van der Waals surface area contributed by atoms with Crippen LogP contribution in [0.1, 0.15) is 21.5 Å². The highest BCUT2D eigenvalue weighted by molar-refractivity contribution is 6.09. The minimum atomic E-state index is -0.936. The molecule has 0 radical (unpaired) electrons. The van der Waals surface area contributed by atoms with Crippen molar-refractivity contribution in [2.45, 2.75) is 6.42 Å². The lowest BCUT2D eigenvalue weighted by Gasteiger charge is -2.03. The van der Waals surface area contributed by atoms with Crippen molar-refractivity contribution in [1.29, 1.82) is 0 Å². The van der Waals surface area contributed by atoms with Crippen LogP contribution in [-0.4, -0.2) is 22.0 Å². The van der Waals surface area contributed by atoms with Crippen molar-refractivity contribution in [3.05, 3.63) is 65.2 Å². The number of phenolic OH excluding ortho intramolecular Hbond substituents is 1. The number of carbonyl (C=O) groups excluding carboxylic acids is 1. The molecule has 0 unspecified atom stereocenters. The Morgan fingerprint density at radius 2 is 1.63 bits per heavy atom. The van der Waals surface area contributed by atoms with Crippen molar-refractivity contribution < 1.29 is 19.8 Å². The third-order valence-electron chi connectivity index (χ3n) is 2.67. The van der Waals surface area contributed by atoms with Crippen molar-refractivity contribution in [3.8, 4) is 5.75 Å². The quantitative estimate of drug-likeness (QED) is 0.823. The van der Waals surface area contributed by atoms with E-state index in [0.717, 1.165) is 0 Å². The van der Waals surface area contributed by atoms with Crippen LogP contribution in [0, 0.1) is 0 Å². The maximum atomic E-state index is 12.2. The predicted molar refractivity (Wildman–Crippen MR) is 69.3 cm³/mol. The summed E-state index contributed by atoms with van der Waals surface area (Å²) in [5.74, 6) is -1.04. The third-order valence-corrected chi connectivity index (χ3v) is 2.67. The van der Waals surface area contributed by atoms with Crippen LogP contribution in [0.15, 0.2) is 48.5 Å². The number of carboxylic acid groups (broad SMARTS) is 1. The summed E-state index contributed by atoms with van der Waals surface area (Å²) in [7, 11) is 0. The second kappa shape index (κ2) is 5.35. The summed E-state index contributed by atoms with van der Waals surface area (Å²) in [5.41, 5.74) is 1.46. The molecule has 2 N–H and O–H groups in total. The van der Waals surface area contributed by atoms with Crippen LogP contribution in [0.2, 0.25) is 0 Å². The lowest BCUT2D eigenvalue weighted by atomic mass is 10.0. The van der Waals surface area contributed by atoms with E-state index in [2.05, 4.69) is 0 Å². The summed E-state index contributed by atoms with van der Waals surface area (Å²) in [6, 6.07) is 12.5. The fraction of sp³-hybridized carbons (Fsp3) is 0.0667. The molecule has 2 aromatic rings. The van der Waals surface area contributed by atoms with Gasteiger partial charge in [-0.25, -0.2) is 0 Å². The number of carboxylic acids is 1. The van der Waals surface area contributed by atoms with Crippen LogP contribution < -0.4 is 0 Å². The molecule has 2 rings (SSSR count). The molecule has 0 aliphatic carbocycles. The fourth-order valence-electron chi connectivity index (χ4n) is 1.78. The molecule has 0 atom stereocenters. The first-order chi connectivity index (χ1) is 9.06. The highest BCUT2D eigenvalue weighted by Gasteiger charge is 2.10. The first kappa shape index (κ1) is 12.8. The second-order valence-corrected chi connectivity index (χ2v) is 4.15. The normalized spacial score (nSPS) is 10.1. The molecule has 0 saturated heterocycles. The zero-order valence-corrected chi connectivity index (χ0v) is 10.0. The van der Waals surface area contributed by atoms with Crippen LogP contribution in [0.4, 0.5) is 0 Å². The maximum absolute atomic E-state index is 12.2. The van der Waals surface area contributed by atoms with E-state index in [1.54, 1.807) is 24.3 Å². The summed E-state index contributed by atoms with van der Waals surface area (Å²) in [6.07, 6.45) is -0.114. The van der Waals surface area contributed by atoms with E-state index in [1.807, 2.05) is 0 Å². The zero-order chi connectivity index (χ0) is 13.8. The topological polar surface area (TPSA) is 74.6 Å². The molecule has 0 spiro atoms. The van der Waals surface area contributed by atoms with Crippen LogP contribution in [0.5, 0.6) is 5.75 Å². The SMILES string of the molecule is O=C(O)Cc1cccc(C(=O)c2ccc(O)cc2)c1. The highest BCUT2D eigenvalue weighted by Crippen LogP contribution is 2.15. The van der Waals surface area contributed by atoms with E-state index >= 15 is 0 Å². The summed E-state index contributed by atoms with van der Waals surface area (Å²) < 4.78 is 0. The number of aromatic hydroxyl groups is 1. The standard InChI is InChI=1S/C15H12O4/c16-13-6-4-11(5-7-13)15(19)12-3-1-2-10(8-12)9-14(17)18/h1-8,16H,9H2,(H,17,18). The van der Waals surface area contributed by atoms with Gasteiger partial charge in [0.05, 0.1) is 6.42 Å². The van der Waals surface area contributed by atoms with E-state index in [0.29, 0.717) is 16.7 Å². The number of aliphatic carboxylic acids is 1. The van der Waals surface area contributed by atoms with Crippen molar-refractivity contribution in [2.75, 3.05) is 0 Å². The van der Waals surface area contributed by atoms with E-state index in [-0.39, 0.29) is 18.0 Å². The van der Waals surface area contributed by atoms with Gasteiger partial charge < -0.3 is 10.2 Å². The predicted octanol–water partition coefficient (Wildman–Crippen LogP) is 2.25. The molecule has 4 heteroatoms. The van der Waals surface area contributed by atoms with Gasteiger partial charge in [-0.1, -0.05) is 18.2 Å². The Balaban J connectivity index is 2.28. The second-order valence-electron chi connectivity index (χ2n) is 4.15. The Morgan fingerprint density at radius 1 is 0.947 bits per heavy atom. The monoisotopic (exact) mass is 256 g/mol. The zero-order valence-electron chi connectivity index (χ0n) is 10.0. The summed E-state index contributed by atoms with van der Waals surface area (Å²) in [6.45, 7) is 0. The smallest absolute Gasteiger partial charge is 0.307 e. The van der Waals surface area contributed by atoms with Crippen molar-refractivity contribution in [2.24, 2.45) is 0 Å². The molecule has 0 heterocycles. The Morgan fingerprint density at radius 3 is 2.26 bits per heavy atom. The van der Waals surface area contributed by atoms with Crippen molar-refractivity contribution in [1.82, 2.24) is 0 Å². The van der Waals surface area contributed by atoms with Gasteiger partial charge in [0, 0.05) is 11.1 Å². The number of benzene rings is 2.